The van der Waals surface area contributed by atoms with E-state index in [-0.39, 0.29) is 24.4 Å². The summed E-state index contributed by atoms with van der Waals surface area (Å²) in [6, 6.07) is 7.20. The Kier molecular flexibility index (Phi) is 4.85. The van der Waals surface area contributed by atoms with Gasteiger partial charge in [-0.1, -0.05) is 12.1 Å². The molecule has 6 nitrogen and oxygen atoms in total. The third-order valence-electron chi connectivity index (χ3n) is 4.64. The number of methoxy groups -OCH3 is 1. The lowest BCUT2D eigenvalue weighted by molar-refractivity contribution is -0.121. The molecule has 2 aromatic rings. The molecule has 6 heteroatoms. The Morgan fingerprint density at radius 2 is 2.29 bits per heavy atom. The van der Waals surface area contributed by atoms with Crippen molar-refractivity contribution in [1.82, 2.24) is 14.9 Å². The summed E-state index contributed by atoms with van der Waals surface area (Å²) in [5, 5.41) is 13.5. The summed E-state index contributed by atoms with van der Waals surface area (Å²) in [4.78, 5) is 16.5. The van der Waals surface area contributed by atoms with Crippen LogP contribution in [0.15, 0.2) is 36.7 Å². The van der Waals surface area contributed by atoms with Crippen molar-refractivity contribution >= 4 is 5.91 Å². The Hall–Kier alpha value is -2.34. The average Bonchev–Trinajstić information content (AvgIpc) is 3.14. The second-order valence-electron chi connectivity index (χ2n) is 6.22. The van der Waals surface area contributed by atoms with Crippen molar-refractivity contribution in [2.24, 2.45) is 0 Å². The minimum Gasteiger partial charge on any atom is -0.497 e. The van der Waals surface area contributed by atoms with Gasteiger partial charge in [-0.2, -0.15) is 0 Å². The Morgan fingerprint density at radius 1 is 1.46 bits per heavy atom. The van der Waals surface area contributed by atoms with Crippen LogP contribution in [0.4, 0.5) is 0 Å². The van der Waals surface area contributed by atoms with Gasteiger partial charge in [0.2, 0.25) is 5.91 Å². The monoisotopic (exact) mass is 329 g/mol. The molecule has 1 aromatic carbocycles. The fourth-order valence-corrected chi connectivity index (χ4v) is 3.38. The lowest BCUT2D eigenvalue weighted by Crippen LogP contribution is -2.42. The van der Waals surface area contributed by atoms with Crippen LogP contribution in [-0.4, -0.2) is 39.8 Å². The van der Waals surface area contributed by atoms with E-state index in [9.17, 15) is 9.90 Å². The Bertz CT molecular complexity index is 713. The van der Waals surface area contributed by atoms with Gasteiger partial charge in [-0.15, -0.1) is 0 Å². The highest BCUT2D eigenvalue weighted by Crippen LogP contribution is 2.31. The molecule has 0 aliphatic heterocycles. The van der Waals surface area contributed by atoms with E-state index in [0.717, 1.165) is 30.0 Å². The summed E-state index contributed by atoms with van der Waals surface area (Å²) < 4.78 is 7.16. The lowest BCUT2D eigenvalue weighted by Gasteiger charge is -2.22. The number of aliphatic hydroxyl groups is 1. The SMILES string of the molecule is COc1cccc(CC(=O)N[C@@H]2CC[C@@H](n3ccnc3C)[C@@H]2O)c1. The van der Waals surface area contributed by atoms with Gasteiger partial charge in [0.1, 0.15) is 11.6 Å². The molecule has 2 N–H and O–H groups in total. The Morgan fingerprint density at radius 3 is 3.00 bits per heavy atom. The van der Waals surface area contributed by atoms with E-state index in [4.69, 9.17) is 4.74 Å². The molecule has 1 aliphatic rings. The van der Waals surface area contributed by atoms with Crippen molar-refractivity contribution < 1.29 is 14.6 Å². The van der Waals surface area contributed by atoms with E-state index in [0.29, 0.717) is 0 Å². The zero-order chi connectivity index (χ0) is 17.1. The normalized spacial score (nSPS) is 23.2. The van der Waals surface area contributed by atoms with E-state index in [1.54, 1.807) is 13.3 Å². The van der Waals surface area contributed by atoms with Gasteiger partial charge in [-0.3, -0.25) is 4.79 Å². The van der Waals surface area contributed by atoms with E-state index >= 15 is 0 Å². The van der Waals surface area contributed by atoms with E-state index in [1.807, 2.05) is 42.0 Å². The number of rotatable bonds is 5. The first kappa shape index (κ1) is 16.5. The number of carbonyl (C=O) groups excluding carboxylic acids is 1. The molecule has 1 saturated carbocycles. The molecule has 1 heterocycles. The van der Waals surface area contributed by atoms with Gasteiger partial charge in [0.15, 0.2) is 0 Å². The molecule has 0 spiro atoms. The smallest absolute Gasteiger partial charge is 0.224 e. The Labute approximate surface area is 141 Å². The average molecular weight is 329 g/mol. The summed E-state index contributed by atoms with van der Waals surface area (Å²) in [6.45, 7) is 1.92. The maximum absolute atomic E-state index is 12.3. The third kappa shape index (κ3) is 3.43. The highest BCUT2D eigenvalue weighted by atomic mass is 16.5. The summed E-state index contributed by atoms with van der Waals surface area (Å²) in [5.74, 6) is 1.52. The second kappa shape index (κ2) is 7.05. The van der Waals surface area contributed by atoms with Crippen molar-refractivity contribution in [2.45, 2.75) is 44.4 Å². The highest BCUT2D eigenvalue weighted by molar-refractivity contribution is 5.79. The van der Waals surface area contributed by atoms with Crippen LogP contribution in [0.2, 0.25) is 0 Å². The minimum absolute atomic E-state index is 0.0328. The first-order chi connectivity index (χ1) is 11.6. The molecular formula is C18H23N3O3. The molecule has 1 amide bonds. The lowest BCUT2D eigenvalue weighted by atomic mass is 10.1. The van der Waals surface area contributed by atoms with Crippen molar-refractivity contribution in [1.29, 1.82) is 0 Å². The van der Waals surface area contributed by atoms with Crippen LogP contribution >= 0.6 is 0 Å². The molecular weight excluding hydrogens is 306 g/mol. The molecule has 0 unspecified atom stereocenters. The number of nitrogens with zero attached hydrogens (tertiary/aromatic N) is 2. The number of aryl methyl sites for hydroxylation is 1. The number of ether oxygens (including phenoxy) is 1. The van der Waals surface area contributed by atoms with Gasteiger partial charge in [-0.25, -0.2) is 4.98 Å². The number of aliphatic hydroxyl groups excluding tert-OH is 1. The van der Waals surface area contributed by atoms with Crippen LogP contribution in [0.3, 0.4) is 0 Å². The zero-order valence-corrected chi connectivity index (χ0v) is 14.0. The molecule has 1 fully saturated rings. The van der Waals surface area contributed by atoms with Crippen LogP contribution < -0.4 is 10.1 Å². The predicted octanol–water partition coefficient (Wildman–Crippen LogP) is 1.62. The largest absolute Gasteiger partial charge is 0.497 e. The molecule has 1 aliphatic carbocycles. The standard InChI is InChI=1S/C18H23N3O3/c1-12-19-8-9-21(12)16-7-6-15(18(16)23)20-17(22)11-13-4-3-5-14(10-13)24-2/h3-5,8-10,15-16,18,23H,6-7,11H2,1-2H3,(H,20,22)/t15-,16-,18-/m1/s1. The summed E-state index contributed by atoms with van der Waals surface area (Å²) in [7, 11) is 1.60. The molecule has 0 radical (unpaired) electrons. The molecule has 3 atom stereocenters. The van der Waals surface area contributed by atoms with E-state index < -0.39 is 6.10 Å². The van der Waals surface area contributed by atoms with Crippen molar-refractivity contribution in [3.63, 3.8) is 0 Å². The van der Waals surface area contributed by atoms with Crippen molar-refractivity contribution in [2.75, 3.05) is 7.11 Å². The number of nitrogens with one attached hydrogen (secondary N) is 1. The number of amides is 1. The van der Waals surface area contributed by atoms with Gasteiger partial charge < -0.3 is 19.7 Å². The first-order valence-corrected chi connectivity index (χ1v) is 8.18. The summed E-state index contributed by atoms with van der Waals surface area (Å²) in [6.07, 6.45) is 4.86. The summed E-state index contributed by atoms with van der Waals surface area (Å²) in [5.41, 5.74) is 0.890. The maximum Gasteiger partial charge on any atom is 0.224 e. The number of benzene rings is 1. The molecule has 1 aromatic heterocycles. The third-order valence-corrected chi connectivity index (χ3v) is 4.64. The van der Waals surface area contributed by atoms with Gasteiger partial charge in [0.05, 0.1) is 31.7 Å². The fourth-order valence-electron chi connectivity index (χ4n) is 3.38. The van der Waals surface area contributed by atoms with Crippen LogP contribution in [-0.2, 0) is 11.2 Å². The van der Waals surface area contributed by atoms with E-state index in [1.165, 1.54) is 0 Å². The topological polar surface area (TPSA) is 76.4 Å². The van der Waals surface area contributed by atoms with Crippen LogP contribution in [0.1, 0.15) is 30.3 Å². The van der Waals surface area contributed by atoms with Gasteiger partial charge >= 0.3 is 0 Å². The van der Waals surface area contributed by atoms with Crippen LogP contribution in [0.5, 0.6) is 5.75 Å². The number of hydrogen-bond acceptors (Lipinski definition) is 4. The van der Waals surface area contributed by atoms with Gasteiger partial charge in [0.25, 0.3) is 0 Å². The number of imidazole rings is 1. The second-order valence-corrected chi connectivity index (χ2v) is 6.22. The molecule has 128 valence electrons. The van der Waals surface area contributed by atoms with Crippen LogP contribution in [0, 0.1) is 6.92 Å². The minimum atomic E-state index is -0.604. The fraction of sp³-hybridized carbons (Fsp3) is 0.444. The van der Waals surface area contributed by atoms with E-state index in [2.05, 4.69) is 10.3 Å². The van der Waals surface area contributed by atoms with Gasteiger partial charge in [0, 0.05) is 12.4 Å². The van der Waals surface area contributed by atoms with Crippen molar-refractivity contribution in [3.05, 3.63) is 48.0 Å². The molecule has 3 rings (SSSR count). The molecule has 0 saturated heterocycles. The molecule has 0 bridgehead atoms. The number of aromatic nitrogens is 2. The number of hydrogen-bond donors (Lipinski definition) is 2. The van der Waals surface area contributed by atoms with Crippen LogP contribution in [0.25, 0.3) is 0 Å². The van der Waals surface area contributed by atoms with Gasteiger partial charge in [-0.05, 0) is 37.5 Å². The highest BCUT2D eigenvalue weighted by Gasteiger charge is 2.37. The maximum atomic E-state index is 12.3. The Balaban J connectivity index is 1.60. The molecule has 24 heavy (non-hydrogen) atoms. The first-order valence-electron chi connectivity index (χ1n) is 8.18. The quantitative estimate of drug-likeness (QED) is 0.874. The summed E-state index contributed by atoms with van der Waals surface area (Å²) >= 11 is 0. The van der Waals surface area contributed by atoms with Crippen molar-refractivity contribution in [3.8, 4) is 5.75 Å². The zero-order valence-electron chi connectivity index (χ0n) is 14.0. The number of carbonyl (C=O) groups is 1. The predicted molar refractivity (Wildman–Crippen MR) is 89.9 cm³/mol.